The summed E-state index contributed by atoms with van der Waals surface area (Å²) in [5.74, 6) is 0. The van der Waals surface area contributed by atoms with Crippen LogP contribution in [0.3, 0.4) is 0 Å². The van der Waals surface area contributed by atoms with E-state index in [-0.39, 0.29) is 13.2 Å². The lowest BCUT2D eigenvalue weighted by atomic mass is 10.4. The van der Waals surface area contributed by atoms with Crippen LogP contribution in [0.2, 0.25) is 0 Å². The molecule has 0 aliphatic heterocycles. The normalized spacial score (nSPS) is 10.5. The molecule has 0 aliphatic carbocycles. The summed E-state index contributed by atoms with van der Waals surface area (Å²) >= 11 is 0. The predicted molar refractivity (Wildman–Crippen MR) is 26.1 cm³/mol. The molecule has 0 atom stereocenters. The van der Waals surface area contributed by atoms with Gasteiger partial charge >= 0.3 is 0 Å². The molecule has 0 saturated heterocycles. The standard InChI is InChI=1S/C4H10O4/c5-1-4(2-6)8-3-7/h4-7H,1-3H2. The molecule has 0 rings (SSSR count). The second-order valence-corrected chi connectivity index (χ2v) is 1.28. The van der Waals surface area contributed by atoms with Crippen LogP contribution in [0.15, 0.2) is 0 Å². The highest BCUT2D eigenvalue weighted by Crippen LogP contribution is 1.85. The lowest BCUT2D eigenvalue weighted by Crippen LogP contribution is -2.22. The molecule has 4 nitrogen and oxygen atoms in total. The summed E-state index contributed by atoms with van der Waals surface area (Å²) in [6, 6.07) is 0. The largest absolute Gasteiger partial charge is 0.394 e. The van der Waals surface area contributed by atoms with E-state index >= 15 is 0 Å². The Kier molecular flexibility index (Phi) is 4.89. The van der Waals surface area contributed by atoms with Gasteiger partial charge in [0, 0.05) is 0 Å². The van der Waals surface area contributed by atoms with Crippen molar-refractivity contribution in [1.29, 1.82) is 0 Å². The number of aliphatic hydroxyl groups is 3. The summed E-state index contributed by atoms with van der Waals surface area (Å²) in [4.78, 5) is 0. The molecule has 0 fully saturated rings. The molecule has 8 heavy (non-hydrogen) atoms. The van der Waals surface area contributed by atoms with E-state index in [1.807, 2.05) is 0 Å². The molecule has 0 amide bonds. The molecule has 0 aromatic rings. The molecule has 0 saturated carbocycles. The van der Waals surface area contributed by atoms with Crippen molar-refractivity contribution < 1.29 is 20.1 Å². The van der Waals surface area contributed by atoms with Crippen molar-refractivity contribution in [2.45, 2.75) is 6.10 Å². The maximum atomic E-state index is 8.26. The molecule has 50 valence electrons. The van der Waals surface area contributed by atoms with Gasteiger partial charge in [-0.05, 0) is 0 Å². The number of rotatable bonds is 4. The van der Waals surface area contributed by atoms with Gasteiger partial charge in [-0.3, -0.25) is 0 Å². The van der Waals surface area contributed by atoms with Crippen LogP contribution in [-0.4, -0.2) is 41.4 Å². The van der Waals surface area contributed by atoms with Crippen molar-refractivity contribution in [2.24, 2.45) is 0 Å². The first-order valence-corrected chi connectivity index (χ1v) is 2.29. The minimum Gasteiger partial charge on any atom is -0.394 e. The lowest BCUT2D eigenvalue weighted by Gasteiger charge is -2.08. The Morgan fingerprint density at radius 1 is 1.12 bits per heavy atom. The molecule has 0 unspecified atom stereocenters. The number of hydrogen-bond donors (Lipinski definition) is 3. The van der Waals surface area contributed by atoms with Crippen LogP contribution in [-0.2, 0) is 4.74 Å². The monoisotopic (exact) mass is 122 g/mol. The van der Waals surface area contributed by atoms with Gasteiger partial charge in [-0.1, -0.05) is 0 Å². The van der Waals surface area contributed by atoms with Crippen LogP contribution in [0.1, 0.15) is 0 Å². The Balaban J connectivity index is 3.07. The van der Waals surface area contributed by atoms with E-state index in [1.165, 1.54) is 0 Å². The molecule has 3 N–H and O–H groups in total. The molecule has 0 heterocycles. The smallest absolute Gasteiger partial charge is 0.144 e. The quantitative estimate of drug-likeness (QED) is 0.389. The maximum absolute atomic E-state index is 8.26. The molecule has 4 heteroatoms. The first-order chi connectivity index (χ1) is 3.85. The van der Waals surface area contributed by atoms with Crippen molar-refractivity contribution >= 4 is 0 Å². The molecule has 0 radical (unpaired) electrons. The van der Waals surface area contributed by atoms with Crippen molar-refractivity contribution in [3.05, 3.63) is 0 Å². The minimum absolute atomic E-state index is 0.267. The van der Waals surface area contributed by atoms with E-state index in [0.717, 1.165) is 0 Å². The van der Waals surface area contributed by atoms with E-state index in [1.54, 1.807) is 0 Å². The van der Waals surface area contributed by atoms with Gasteiger partial charge in [-0.25, -0.2) is 0 Å². The molecule has 0 spiro atoms. The maximum Gasteiger partial charge on any atom is 0.144 e. The van der Waals surface area contributed by atoms with Crippen molar-refractivity contribution in [3.8, 4) is 0 Å². The highest BCUT2D eigenvalue weighted by molar-refractivity contribution is 4.48. The summed E-state index contributed by atoms with van der Waals surface area (Å²) in [5.41, 5.74) is 0. The molecule has 0 bridgehead atoms. The Morgan fingerprint density at radius 2 is 1.62 bits per heavy atom. The topological polar surface area (TPSA) is 69.9 Å². The van der Waals surface area contributed by atoms with Crippen molar-refractivity contribution in [2.75, 3.05) is 20.0 Å². The number of hydrogen-bond acceptors (Lipinski definition) is 4. The van der Waals surface area contributed by atoms with Crippen molar-refractivity contribution in [1.82, 2.24) is 0 Å². The fraction of sp³-hybridized carbons (Fsp3) is 1.00. The zero-order valence-corrected chi connectivity index (χ0v) is 4.45. The van der Waals surface area contributed by atoms with Gasteiger partial charge in [0.1, 0.15) is 12.9 Å². The number of ether oxygens (including phenoxy) is 1. The summed E-state index contributed by atoms with van der Waals surface area (Å²) in [5, 5.41) is 24.6. The Labute approximate surface area is 47.3 Å². The van der Waals surface area contributed by atoms with E-state index in [2.05, 4.69) is 4.74 Å². The molecular formula is C4H10O4. The lowest BCUT2D eigenvalue weighted by molar-refractivity contribution is -0.0866. The third-order valence-corrected chi connectivity index (χ3v) is 0.718. The van der Waals surface area contributed by atoms with Gasteiger partial charge in [0.2, 0.25) is 0 Å². The van der Waals surface area contributed by atoms with E-state index in [4.69, 9.17) is 15.3 Å². The Bertz CT molecular complexity index is 43.3. The van der Waals surface area contributed by atoms with E-state index < -0.39 is 12.9 Å². The van der Waals surface area contributed by atoms with Crippen LogP contribution < -0.4 is 0 Å². The van der Waals surface area contributed by atoms with E-state index in [9.17, 15) is 0 Å². The Hall–Kier alpha value is -0.160. The van der Waals surface area contributed by atoms with E-state index in [0.29, 0.717) is 0 Å². The summed E-state index contributed by atoms with van der Waals surface area (Å²) in [7, 11) is 0. The van der Waals surface area contributed by atoms with Gasteiger partial charge < -0.3 is 20.1 Å². The van der Waals surface area contributed by atoms with Gasteiger partial charge in [0.05, 0.1) is 13.2 Å². The minimum atomic E-state index is -0.639. The van der Waals surface area contributed by atoms with Gasteiger partial charge in [-0.2, -0.15) is 0 Å². The predicted octanol–water partition coefficient (Wildman–Crippen LogP) is -1.69. The third kappa shape index (κ3) is 2.92. The average Bonchev–Trinajstić information content (AvgIpc) is 1.83. The van der Waals surface area contributed by atoms with Crippen LogP contribution >= 0.6 is 0 Å². The fourth-order valence-corrected chi connectivity index (χ4v) is 0.269. The van der Waals surface area contributed by atoms with Crippen LogP contribution in [0.25, 0.3) is 0 Å². The highest BCUT2D eigenvalue weighted by atomic mass is 16.6. The average molecular weight is 122 g/mol. The molecule has 0 aliphatic rings. The van der Waals surface area contributed by atoms with Gasteiger partial charge in [-0.15, -0.1) is 0 Å². The van der Waals surface area contributed by atoms with Gasteiger partial charge in [0.25, 0.3) is 0 Å². The summed E-state index contributed by atoms with van der Waals surface area (Å²) < 4.78 is 4.40. The second-order valence-electron chi connectivity index (χ2n) is 1.28. The SMILES string of the molecule is OCOC(CO)CO. The van der Waals surface area contributed by atoms with Crippen LogP contribution in [0, 0.1) is 0 Å². The first kappa shape index (κ1) is 7.84. The zero-order valence-electron chi connectivity index (χ0n) is 4.45. The van der Waals surface area contributed by atoms with Crippen molar-refractivity contribution in [3.63, 3.8) is 0 Å². The second kappa shape index (κ2) is 4.99. The highest BCUT2D eigenvalue weighted by Gasteiger charge is 2.02. The molecule has 0 aromatic heterocycles. The fourth-order valence-electron chi connectivity index (χ4n) is 0.269. The van der Waals surface area contributed by atoms with Gasteiger partial charge in [0.15, 0.2) is 0 Å². The first-order valence-electron chi connectivity index (χ1n) is 2.29. The van der Waals surface area contributed by atoms with Crippen LogP contribution in [0.4, 0.5) is 0 Å². The summed E-state index contributed by atoms with van der Waals surface area (Å²) in [6.07, 6.45) is -0.639. The zero-order chi connectivity index (χ0) is 6.41. The number of aliphatic hydroxyl groups excluding tert-OH is 3. The Morgan fingerprint density at radius 3 is 1.75 bits per heavy atom. The molecular weight excluding hydrogens is 112 g/mol. The molecule has 0 aromatic carbocycles. The van der Waals surface area contributed by atoms with Crippen LogP contribution in [0.5, 0.6) is 0 Å². The summed E-state index contributed by atoms with van der Waals surface area (Å²) in [6.45, 7) is -1.00. The third-order valence-electron chi connectivity index (χ3n) is 0.718.